The van der Waals surface area contributed by atoms with Crippen LogP contribution in [-0.4, -0.2) is 10.8 Å². The number of carbonyl (C=O) groups is 1. The molecule has 178 valence electrons. The maximum absolute atomic E-state index is 13.6. The molecule has 0 radical (unpaired) electrons. The van der Waals surface area contributed by atoms with Crippen molar-refractivity contribution in [2.24, 2.45) is 0 Å². The van der Waals surface area contributed by atoms with Gasteiger partial charge in [0.05, 0.1) is 21.3 Å². The first kappa shape index (κ1) is 23.6. The van der Waals surface area contributed by atoms with Crippen molar-refractivity contribution >= 4 is 52.3 Å². The summed E-state index contributed by atoms with van der Waals surface area (Å²) in [5, 5.41) is 12.5. The largest absolute Gasteiger partial charge is 0.457 e. The summed E-state index contributed by atoms with van der Waals surface area (Å²) in [6, 6.07) is 22.7. The van der Waals surface area contributed by atoms with E-state index in [0.29, 0.717) is 49.7 Å². The second-order valence-electron chi connectivity index (χ2n) is 8.19. The summed E-state index contributed by atoms with van der Waals surface area (Å²) in [7, 11) is 0. The maximum Gasteiger partial charge on any atom is 0.274 e. The molecule has 6 nitrogen and oxygen atoms in total. The van der Waals surface area contributed by atoms with Gasteiger partial charge in [0.25, 0.3) is 11.6 Å². The van der Waals surface area contributed by atoms with Gasteiger partial charge >= 0.3 is 0 Å². The van der Waals surface area contributed by atoms with Crippen molar-refractivity contribution in [3.8, 4) is 11.3 Å². The second kappa shape index (κ2) is 9.49. The van der Waals surface area contributed by atoms with E-state index >= 15 is 0 Å². The molecule has 0 bridgehead atoms. The van der Waals surface area contributed by atoms with Gasteiger partial charge in [-0.3, -0.25) is 19.8 Å². The van der Waals surface area contributed by atoms with Crippen LogP contribution in [0.2, 0.25) is 10.0 Å². The Morgan fingerprint density at radius 2 is 1.75 bits per heavy atom. The minimum Gasteiger partial charge on any atom is -0.457 e. The lowest BCUT2D eigenvalue weighted by Gasteiger charge is -2.21. The zero-order valence-electron chi connectivity index (χ0n) is 18.9. The summed E-state index contributed by atoms with van der Waals surface area (Å²) in [5.74, 6) is 0.633. The Hall–Kier alpha value is -4.13. The predicted octanol–water partition coefficient (Wildman–Crippen LogP) is 7.94. The molecule has 0 N–H and O–H groups in total. The number of hydrogen-bond acceptors (Lipinski definition) is 4. The third kappa shape index (κ3) is 4.44. The quantitative estimate of drug-likeness (QED) is 0.153. The van der Waals surface area contributed by atoms with Crippen molar-refractivity contribution in [2.45, 2.75) is 6.92 Å². The van der Waals surface area contributed by atoms with Gasteiger partial charge in [-0.15, -0.1) is 0 Å². The van der Waals surface area contributed by atoms with E-state index in [1.54, 1.807) is 61.5 Å². The Morgan fingerprint density at radius 3 is 2.50 bits per heavy atom. The summed E-state index contributed by atoms with van der Waals surface area (Å²) in [6.45, 7) is 1.66. The molecule has 0 saturated heterocycles. The molecular weight excluding hydrogens is 499 g/mol. The monoisotopic (exact) mass is 516 g/mol. The van der Waals surface area contributed by atoms with Crippen LogP contribution in [0, 0.1) is 17.0 Å². The number of halogens is 2. The highest BCUT2D eigenvalue weighted by molar-refractivity contribution is 6.35. The molecule has 5 rings (SSSR count). The van der Waals surface area contributed by atoms with Gasteiger partial charge in [0.1, 0.15) is 11.5 Å². The van der Waals surface area contributed by atoms with E-state index in [1.165, 1.54) is 11.0 Å². The lowest BCUT2D eigenvalue weighted by molar-refractivity contribution is -0.385. The number of nitrogens with zero attached hydrogens (tertiary/aromatic N) is 2. The number of furan rings is 1. The van der Waals surface area contributed by atoms with Gasteiger partial charge < -0.3 is 4.42 Å². The molecule has 0 saturated carbocycles. The van der Waals surface area contributed by atoms with Crippen LogP contribution in [0.15, 0.2) is 94.9 Å². The van der Waals surface area contributed by atoms with Gasteiger partial charge in [0.2, 0.25) is 0 Å². The average Bonchev–Trinajstić information content (AvgIpc) is 3.46. The van der Waals surface area contributed by atoms with Gasteiger partial charge in [-0.05, 0) is 61.0 Å². The fraction of sp³-hybridized carbons (Fsp3) is 0.0357. The van der Waals surface area contributed by atoms with Crippen molar-refractivity contribution in [3.63, 3.8) is 0 Å². The SMILES string of the molecule is Cc1ccc(N2C(=O)C(=Cc3ccc(-c4cc(Cl)ccc4Cl)o3)C=C2c2ccccc2)cc1[N+](=O)[O-]. The Balaban J connectivity index is 1.57. The van der Waals surface area contributed by atoms with Crippen LogP contribution in [0.5, 0.6) is 0 Å². The Morgan fingerprint density at radius 1 is 0.972 bits per heavy atom. The molecule has 0 spiro atoms. The number of amides is 1. The Bertz CT molecular complexity index is 1570. The smallest absolute Gasteiger partial charge is 0.274 e. The van der Waals surface area contributed by atoms with E-state index < -0.39 is 4.92 Å². The average molecular weight is 517 g/mol. The van der Waals surface area contributed by atoms with Crippen LogP contribution in [0.3, 0.4) is 0 Å². The molecule has 4 aromatic rings. The van der Waals surface area contributed by atoms with E-state index in [2.05, 4.69) is 0 Å². The minimum absolute atomic E-state index is 0.0563. The standard InChI is InChI=1S/C28H18Cl2N2O4/c1-17-7-9-21(16-25(17)32(34)35)31-26(18-5-3-2-4-6-18)14-19(28(31)33)13-22-10-12-27(36-22)23-15-20(29)8-11-24(23)30/h2-16H,1H3. The maximum atomic E-state index is 13.6. The van der Waals surface area contributed by atoms with Crippen molar-refractivity contribution in [1.29, 1.82) is 0 Å². The molecule has 0 atom stereocenters. The summed E-state index contributed by atoms with van der Waals surface area (Å²) < 4.78 is 5.96. The van der Waals surface area contributed by atoms with Gasteiger partial charge in [-0.2, -0.15) is 0 Å². The van der Waals surface area contributed by atoms with E-state index in [9.17, 15) is 14.9 Å². The molecule has 1 aromatic heterocycles. The first-order valence-corrected chi connectivity index (χ1v) is 11.7. The number of nitro benzene ring substituents is 1. The zero-order chi connectivity index (χ0) is 25.4. The molecule has 8 heteroatoms. The molecule has 3 aromatic carbocycles. The van der Waals surface area contributed by atoms with Crippen molar-refractivity contribution in [1.82, 2.24) is 0 Å². The van der Waals surface area contributed by atoms with Gasteiger partial charge in [-0.1, -0.05) is 59.6 Å². The van der Waals surface area contributed by atoms with Gasteiger partial charge in [-0.25, -0.2) is 0 Å². The number of benzene rings is 3. The van der Waals surface area contributed by atoms with Crippen molar-refractivity contribution in [3.05, 3.63) is 128 Å². The molecular formula is C28H18Cl2N2O4. The number of carbonyl (C=O) groups excluding carboxylic acids is 1. The number of rotatable bonds is 5. The summed E-state index contributed by atoms with van der Waals surface area (Å²) in [5.41, 5.74) is 3.27. The fourth-order valence-corrected chi connectivity index (χ4v) is 4.42. The van der Waals surface area contributed by atoms with Crippen LogP contribution in [-0.2, 0) is 4.79 Å². The van der Waals surface area contributed by atoms with Gasteiger partial charge in [0.15, 0.2) is 0 Å². The molecule has 2 heterocycles. The zero-order valence-corrected chi connectivity index (χ0v) is 20.5. The minimum atomic E-state index is -0.451. The number of hydrogen-bond donors (Lipinski definition) is 0. The molecule has 1 aliphatic rings. The van der Waals surface area contributed by atoms with Gasteiger partial charge in [0, 0.05) is 27.8 Å². The van der Waals surface area contributed by atoms with Crippen molar-refractivity contribution in [2.75, 3.05) is 4.90 Å². The van der Waals surface area contributed by atoms with Crippen LogP contribution >= 0.6 is 23.2 Å². The number of anilines is 1. The lowest BCUT2D eigenvalue weighted by atomic mass is 10.1. The first-order chi connectivity index (χ1) is 17.3. The second-order valence-corrected chi connectivity index (χ2v) is 9.03. The lowest BCUT2D eigenvalue weighted by Crippen LogP contribution is -2.25. The Kier molecular flexibility index (Phi) is 6.22. The summed E-state index contributed by atoms with van der Waals surface area (Å²) >= 11 is 12.4. The molecule has 0 fully saturated rings. The third-order valence-corrected chi connectivity index (χ3v) is 6.38. The summed E-state index contributed by atoms with van der Waals surface area (Å²) in [4.78, 5) is 26.2. The Labute approximate surface area is 216 Å². The normalized spacial score (nSPS) is 14.4. The van der Waals surface area contributed by atoms with Crippen LogP contribution in [0.4, 0.5) is 11.4 Å². The highest BCUT2D eigenvalue weighted by Crippen LogP contribution is 2.38. The molecule has 1 aliphatic heterocycles. The molecule has 36 heavy (non-hydrogen) atoms. The number of nitro groups is 1. The molecule has 0 aliphatic carbocycles. The third-order valence-electron chi connectivity index (χ3n) is 5.82. The van der Waals surface area contributed by atoms with Crippen LogP contribution in [0.25, 0.3) is 23.1 Å². The predicted molar refractivity (Wildman–Crippen MR) is 142 cm³/mol. The van der Waals surface area contributed by atoms with E-state index in [1.807, 2.05) is 30.3 Å². The number of aryl methyl sites for hydroxylation is 1. The topological polar surface area (TPSA) is 76.6 Å². The highest BCUT2D eigenvalue weighted by Gasteiger charge is 2.32. The van der Waals surface area contributed by atoms with E-state index in [0.717, 1.165) is 5.56 Å². The molecule has 0 unspecified atom stereocenters. The first-order valence-electron chi connectivity index (χ1n) is 11.0. The van der Waals surface area contributed by atoms with Crippen LogP contribution < -0.4 is 4.90 Å². The molecule has 1 amide bonds. The van der Waals surface area contributed by atoms with E-state index in [4.69, 9.17) is 27.6 Å². The fourth-order valence-electron chi connectivity index (χ4n) is 4.04. The van der Waals surface area contributed by atoms with E-state index in [-0.39, 0.29) is 11.6 Å². The van der Waals surface area contributed by atoms with Crippen molar-refractivity contribution < 1.29 is 14.1 Å². The van der Waals surface area contributed by atoms with Crippen LogP contribution in [0.1, 0.15) is 16.9 Å². The highest BCUT2D eigenvalue weighted by atomic mass is 35.5. The summed E-state index contributed by atoms with van der Waals surface area (Å²) in [6.07, 6.45) is 3.38.